The molecule has 0 bridgehead atoms. The highest BCUT2D eigenvalue weighted by Crippen LogP contribution is 2.13. The largest absolute Gasteiger partial charge is 0.364 e. The summed E-state index contributed by atoms with van der Waals surface area (Å²) in [6.45, 7) is 0.392. The lowest BCUT2D eigenvalue weighted by atomic mass is 10.0. The Kier molecular flexibility index (Phi) is 11.3. The minimum absolute atomic E-state index is 0.0649. The number of rotatable bonds is 8. The molecule has 4 nitrogen and oxygen atoms in total. The molecule has 0 aliphatic heterocycles. The maximum absolute atomic E-state index is 10.3. The van der Waals surface area contributed by atoms with Gasteiger partial charge in [-0.1, -0.05) is 71.9 Å². The first-order valence-corrected chi connectivity index (χ1v) is 9.31. The molecule has 0 amide bonds. The number of hydrogen-bond acceptors (Lipinski definition) is 4. The third-order valence-corrected chi connectivity index (χ3v) is 3.69. The fourth-order valence-corrected chi connectivity index (χ4v) is 2.07. The molecule has 0 aliphatic carbocycles. The smallest absolute Gasteiger partial charge is 0.207 e. The Morgan fingerprint density at radius 2 is 1.06 bits per heavy atom. The summed E-state index contributed by atoms with van der Waals surface area (Å²) in [7, 11) is 0. The van der Waals surface area contributed by atoms with Crippen LogP contribution in [-0.4, -0.2) is 47.8 Å². The van der Waals surface area contributed by atoms with Gasteiger partial charge in [-0.25, -0.2) is 0 Å². The second-order valence-corrected chi connectivity index (χ2v) is 6.15. The number of terminal acetylenes is 4. The van der Waals surface area contributed by atoms with Crippen LogP contribution in [0.2, 0.25) is 0 Å². The minimum Gasteiger partial charge on any atom is -0.364 e. The summed E-state index contributed by atoms with van der Waals surface area (Å²) in [6.07, 6.45) is 27.0. The zero-order chi connectivity index (χ0) is 23.7. The molecule has 0 aromatic heterocycles. The number of benzene rings is 1. The summed E-state index contributed by atoms with van der Waals surface area (Å²) in [4.78, 5) is 0. The van der Waals surface area contributed by atoms with Crippen molar-refractivity contribution in [2.24, 2.45) is 0 Å². The molecule has 0 saturated carbocycles. The molecule has 0 spiro atoms. The fourth-order valence-electron chi connectivity index (χ4n) is 2.07. The molecule has 0 radical (unpaired) electrons. The third kappa shape index (κ3) is 10.1. The highest BCUT2D eigenvalue weighted by atomic mass is 16.5. The summed E-state index contributed by atoms with van der Waals surface area (Å²) < 4.78 is 10.0. The van der Waals surface area contributed by atoms with Crippen LogP contribution in [0.15, 0.2) is 36.4 Å². The summed E-state index contributed by atoms with van der Waals surface area (Å²) in [5.74, 6) is 19.5. The van der Waals surface area contributed by atoms with E-state index < -0.39 is 11.2 Å². The van der Waals surface area contributed by atoms with Crippen LogP contribution in [0, 0.1) is 73.1 Å². The molecule has 158 valence electrons. The first-order chi connectivity index (χ1) is 15.4. The van der Waals surface area contributed by atoms with Crippen molar-refractivity contribution in [3.63, 3.8) is 0 Å². The topological polar surface area (TPSA) is 58.9 Å². The maximum atomic E-state index is 10.3. The van der Waals surface area contributed by atoms with Crippen LogP contribution in [0.25, 0.3) is 12.2 Å². The third-order valence-electron chi connectivity index (χ3n) is 3.69. The van der Waals surface area contributed by atoms with Gasteiger partial charge in [-0.2, -0.15) is 0 Å². The second kappa shape index (κ2) is 14.0. The summed E-state index contributed by atoms with van der Waals surface area (Å²) in [5, 5.41) is 20.7. The van der Waals surface area contributed by atoms with Crippen molar-refractivity contribution >= 4 is 12.2 Å². The lowest BCUT2D eigenvalue weighted by Crippen LogP contribution is -2.20. The number of hydrogen-bond donors (Lipinski definition) is 2. The number of aliphatic hydroxyl groups is 2. The molecule has 0 aliphatic rings. The molecule has 32 heavy (non-hydrogen) atoms. The summed E-state index contributed by atoms with van der Waals surface area (Å²) in [6, 6.07) is 7.19. The molecular formula is C28H22O4. The molecule has 1 aromatic carbocycles. The van der Waals surface area contributed by atoms with E-state index in [1.807, 2.05) is 0 Å². The van der Waals surface area contributed by atoms with E-state index >= 15 is 0 Å². The first kappa shape index (κ1) is 25.9. The van der Waals surface area contributed by atoms with Gasteiger partial charge >= 0.3 is 0 Å². The van der Waals surface area contributed by atoms with E-state index in [-0.39, 0.29) is 26.4 Å². The van der Waals surface area contributed by atoms with Gasteiger partial charge in [0.15, 0.2) is 0 Å². The Morgan fingerprint density at radius 1 is 0.688 bits per heavy atom. The van der Waals surface area contributed by atoms with Crippen molar-refractivity contribution in [3.8, 4) is 73.1 Å². The zero-order valence-electron chi connectivity index (χ0n) is 17.5. The maximum Gasteiger partial charge on any atom is 0.207 e. The van der Waals surface area contributed by atoms with Crippen LogP contribution in [0.4, 0.5) is 0 Å². The molecule has 4 heteroatoms. The molecule has 0 saturated heterocycles. The van der Waals surface area contributed by atoms with Crippen LogP contribution < -0.4 is 0 Å². The van der Waals surface area contributed by atoms with E-state index in [2.05, 4.69) is 47.4 Å². The number of ether oxygens (including phenoxy) is 2. The Balaban J connectivity index is 2.81. The molecule has 0 fully saturated rings. The average Bonchev–Trinajstić information content (AvgIpc) is 2.82. The molecule has 1 aromatic rings. The van der Waals surface area contributed by atoms with E-state index in [0.717, 1.165) is 11.1 Å². The van der Waals surface area contributed by atoms with Gasteiger partial charge in [0.1, 0.15) is 26.4 Å². The fraction of sp³-hybridized carbons (Fsp3) is 0.214. The van der Waals surface area contributed by atoms with Crippen LogP contribution >= 0.6 is 0 Å². The van der Waals surface area contributed by atoms with Crippen LogP contribution in [0.1, 0.15) is 11.1 Å². The predicted octanol–water partition coefficient (Wildman–Crippen LogP) is 1.75. The van der Waals surface area contributed by atoms with Crippen molar-refractivity contribution in [2.75, 3.05) is 26.4 Å². The van der Waals surface area contributed by atoms with Crippen molar-refractivity contribution in [1.29, 1.82) is 0 Å². The Labute approximate surface area is 190 Å². The quantitative estimate of drug-likeness (QED) is 0.495. The highest BCUT2D eigenvalue weighted by molar-refractivity contribution is 5.59. The van der Waals surface area contributed by atoms with Gasteiger partial charge in [-0.15, -0.1) is 25.7 Å². The van der Waals surface area contributed by atoms with Crippen LogP contribution in [-0.2, 0) is 9.47 Å². The standard InChI is InChI=1S/C28H22O4/c1-5-21-31-23-9-17-27(29,7-3)19-15-25-11-13-26(14-12-25)16-20-28(30,8-4)18-10-24-32-22-6-2/h1-4,11-16,19-20,29-30H,21-24H2/b19-15+,20-16+. The van der Waals surface area contributed by atoms with Crippen molar-refractivity contribution in [2.45, 2.75) is 11.2 Å². The SMILES string of the molecule is C#CCOCC#CC(O)(C#C)/C=C/c1ccc(/C=C/C(O)(C#C)C#CCOCC#C)cc1. The predicted molar refractivity (Wildman–Crippen MR) is 127 cm³/mol. The monoisotopic (exact) mass is 422 g/mol. The lowest BCUT2D eigenvalue weighted by molar-refractivity contribution is 0.200. The Bertz CT molecular complexity index is 1010. The van der Waals surface area contributed by atoms with Gasteiger partial charge in [0, 0.05) is 0 Å². The van der Waals surface area contributed by atoms with Crippen molar-refractivity contribution in [1.82, 2.24) is 0 Å². The summed E-state index contributed by atoms with van der Waals surface area (Å²) >= 11 is 0. The van der Waals surface area contributed by atoms with Gasteiger partial charge in [0.2, 0.25) is 11.2 Å². The normalized spacial score (nSPS) is 13.7. The van der Waals surface area contributed by atoms with E-state index in [0.29, 0.717) is 0 Å². The van der Waals surface area contributed by atoms with Gasteiger partial charge in [0.05, 0.1) is 0 Å². The molecule has 2 unspecified atom stereocenters. The first-order valence-electron chi connectivity index (χ1n) is 9.31. The van der Waals surface area contributed by atoms with E-state index in [9.17, 15) is 10.2 Å². The molecule has 2 atom stereocenters. The highest BCUT2D eigenvalue weighted by Gasteiger charge is 2.16. The molecule has 2 N–H and O–H groups in total. The molecular weight excluding hydrogens is 400 g/mol. The molecule has 1 rings (SSSR count). The zero-order valence-corrected chi connectivity index (χ0v) is 17.5. The molecule has 0 heterocycles. The van der Waals surface area contributed by atoms with E-state index in [1.54, 1.807) is 36.4 Å². The Hall–Kier alpha value is -4.10. The van der Waals surface area contributed by atoms with Gasteiger partial charge in [0.25, 0.3) is 0 Å². The van der Waals surface area contributed by atoms with Crippen molar-refractivity contribution < 1.29 is 19.7 Å². The van der Waals surface area contributed by atoms with E-state index in [4.69, 9.17) is 35.2 Å². The lowest BCUT2D eigenvalue weighted by Gasteiger charge is -2.10. The van der Waals surface area contributed by atoms with E-state index in [1.165, 1.54) is 12.2 Å². The average molecular weight is 422 g/mol. The van der Waals surface area contributed by atoms with Gasteiger partial charge < -0.3 is 19.7 Å². The minimum atomic E-state index is -1.73. The Morgan fingerprint density at radius 3 is 1.38 bits per heavy atom. The van der Waals surface area contributed by atoms with Crippen LogP contribution in [0.5, 0.6) is 0 Å². The second-order valence-electron chi connectivity index (χ2n) is 6.15. The van der Waals surface area contributed by atoms with Crippen LogP contribution in [0.3, 0.4) is 0 Å². The van der Waals surface area contributed by atoms with Gasteiger partial charge in [-0.3, -0.25) is 0 Å². The van der Waals surface area contributed by atoms with Gasteiger partial charge in [-0.05, 0) is 35.1 Å². The van der Waals surface area contributed by atoms with Crippen molar-refractivity contribution in [3.05, 3.63) is 47.5 Å². The summed E-state index contributed by atoms with van der Waals surface area (Å²) in [5.41, 5.74) is -1.91.